The number of ether oxygens (including phenoxy) is 2. The molecular formula is C16H23NO3. The third-order valence-corrected chi connectivity index (χ3v) is 3.73. The first-order valence-corrected chi connectivity index (χ1v) is 7.19. The fourth-order valence-corrected chi connectivity index (χ4v) is 2.45. The predicted octanol–water partition coefficient (Wildman–Crippen LogP) is 2.54. The Labute approximate surface area is 120 Å². The molecule has 4 nitrogen and oxygen atoms in total. The number of aryl methyl sites for hydroxylation is 1. The molecule has 1 aliphatic rings. The van der Waals surface area contributed by atoms with Crippen LogP contribution in [0.1, 0.15) is 24.8 Å². The summed E-state index contributed by atoms with van der Waals surface area (Å²) in [4.78, 5) is 13.4. The molecule has 1 fully saturated rings. The molecule has 4 heteroatoms. The molecule has 0 radical (unpaired) electrons. The minimum absolute atomic E-state index is 0.206. The van der Waals surface area contributed by atoms with Crippen LogP contribution in [0.3, 0.4) is 0 Å². The van der Waals surface area contributed by atoms with E-state index in [0.29, 0.717) is 13.0 Å². The summed E-state index contributed by atoms with van der Waals surface area (Å²) in [6, 6.07) is 8.64. The van der Waals surface area contributed by atoms with Crippen molar-refractivity contribution in [3.05, 3.63) is 29.8 Å². The number of hydrogen-bond acceptors (Lipinski definition) is 4. The molecule has 0 saturated carbocycles. The predicted molar refractivity (Wildman–Crippen MR) is 79.0 cm³/mol. The molecule has 0 spiro atoms. The van der Waals surface area contributed by atoms with Gasteiger partial charge < -0.3 is 14.4 Å². The van der Waals surface area contributed by atoms with Crippen LogP contribution in [0, 0.1) is 6.92 Å². The fraction of sp³-hybridized carbons (Fsp3) is 0.562. The normalized spacial score (nSPS) is 16.2. The SMILES string of the molecule is COC(=O)CCOC1CCN(c2ccc(C)cc2)CC1. The first-order valence-electron chi connectivity index (χ1n) is 7.19. The van der Waals surface area contributed by atoms with E-state index in [2.05, 4.69) is 40.8 Å². The number of piperidine rings is 1. The van der Waals surface area contributed by atoms with E-state index in [1.165, 1.54) is 18.4 Å². The zero-order valence-corrected chi connectivity index (χ0v) is 12.3. The van der Waals surface area contributed by atoms with Crippen molar-refractivity contribution in [3.8, 4) is 0 Å². The van der Waals surface area contributed by atoms with Crippen LogP contribution in [-0.2, 0) is 14.3 Å². The molecule has 110 valence electrons. The Kier molecular flexibility index (Phi) is 5.41. The number of rotatable bonds is 5. The summed E-state index contributed by atoms with van der Waals surface area (Å²) >= 11 is 0. The average Bonchev–Trinajstić information content (AvgIpc) is 2.48. The molecule has 0 N–H and O–H groups in total. The third kappa shape index (κ3) is 4.23. The first kappa shape index (κ1) is 14.9. The second kappa shape index (κ2) is 7.29. The van der Waals surface area contributed by atoms with Crippen LogP contribution in [0.15, 0.2) is 24.3 Å². The van der Waals surface area contributed by atoms with E-state index >= 15 is 0 Å². The second-order valence-electron chi connectivity index (χ2n) is 5.22. The van der Waals surface area contributed by atoms with Crippen molar-refractivity contribution in [3.63, 3.8) is 0 Å². The Morgan fingerprint density at radius 3 is 2.50 bits per heavy atom. The Hall–Kier alpha value is -1.55. The molecule has 0 amide bonds. The maximum Gasteiger partial charge on any atom is 0.307 e. The van der Waals surface area contributed by atoms with Gasteiger partial charge in [-0.2, -0.15) is 0 Å². The maximum absolute atomic E-state index is 11.0. The lowest BCUT2D eigenvalue weighted by atomic mass is 10.1. The van der Waals surface area contributed by atoms with Gasteiger partial charge in [0.15, 0.2) is 0 Å². The molecule has 1 saturated heterocycles. The third-order valence-electron chi connectivity index (χ3n) is 3.73. The maximum atomic E-state index is 11.0. The van der Waals surface area contributed by atoms with E-state index in [9.17, 15) is 4.79 Å². The van der Waals surface area contributed by atoms with Crippen LogP contribution in [0.25, 0.3) is 0 Å². The number of hydrogen-bond donors (Lipinski definition) is 0. The molecule has 0 bridgehead atoms. The highest BCUT2D eigenvalue weighted by Crippen LogP contribution is 2.21. The zero-order chi connectivity index (χ0) is 14.4. The molecule has 0 atom stereocenters. The highest BCUT2D eigenvalue weighted by Gasteiger charge is 2.20. The molecule has 0 aromatic heterocycles. The highest BCUT2D eigenvalue weighted by molar-refractivity contribution is 5.69. The summed E-state index contributed by atoms with van der Waals surface area (Å²) in [6.07, 6.45) is 2.63. The highest BCUT2D eigenvalue weighted by atomic mass is 16.5. The summed E-state index contributed by atoms with van der Waals surface area (Å²) < 4.78 is 10.3. The van der Waals surface area contributed by atoms with E-state index in [4.69, 9.17) is 4.74 Å². The van der Waals surface area contributed by atoms with Gasteiger partial charge in [0.25, 0.3) is 0 Å². The van der Waals surface area contributed by atoms with Gasteiger partial charge in [0.1, 0.15) is 0 Å². The average molecular weight is 277 g/mol. The van der Waals surface area contributed by atoms with Gasteiger partial charge in [0, 0.05) is 18.8 Å². The van der Waals surface area contributed by atoms with Crippen molar-refractivity contribution in [2.45, 2.75) is 32.3 Å². The number of carbonyl (C=O) groups is 1. The van der Waals surface area contributed by atoms with Crippen molar-refractivity contribution < 1.29 is 14.3 Å². The van der Waals surface area contributed by atoms with E-state index in [0.717, 1.165) is 25.9 Å². The Balaban J connectivity index is 1.72. The standard InChI is InChI=1S/C16H23NO3/c1-13-3-5-14(6-4-13)17-10-7-15(8-11-17)20-12-9-16(18)19-2/h3-6,15H,7-12H2,1-2H3. The number of benzene rings is 1. The molecule has 1 aromatic rings. The van der Waals surface area contributed by atoms with Gasteiger partial charge in [0.2, 0.25) is 0 Å². The van der Waals surface area contributed by atoms with Crippen LogP contribution in [0.5, 0.6) is 0 Å². The van der Waals surface area contributed by atoms with Crippen molar-refractivity contribution in [1.82, 2.24) is 0 Å². The Bertz CT molecular complexity index is 422. The van der Waals surface area contributed by atoms with Crippen molar-refractivity contribution in [2.75, 3.05) is 31.7 Å². The largest absolute Gasteiger partial charge is 0.469 e. The molecule has 1 heterocycles. The minimum Gasteiger partial charge on any atom is -0.469 e. The molecule has 20 heavy (non-hydrogen) atoms. The van der Waals surface area contributed by atoms with Crippen LogP contribution < -0.4 is 4.90 Å². The lowest BCUT2D eigenvalue weighted by Crippen LogP contribution is -2.37. The molecule has 0 unspecified atom stereocenters. The Morgan fingerprint density at radius 2 is 1.90 bits per heavy atom. The quantitative estimate of drug-likeness (QED) is 0.775. The topological polar surface area (TPSA) is 38.8 Å². The molecule has 2 rings (SSSR count). The van der Waals surface area contributed by atoms with Gasteiger partial charge in [-0.25, -0.2) is 0 Å². The van der Waals surface area contributed by atoms with Crippen LogP contribution in [-0.4, -0.2) is 38.9 Å². The lowest BCUT2D eigenvalue weighted by Gasteiger charge is -2.33. The smallest absolute Gasteiger partial charge is 0.307 e. The summed E-state index contributed by atoms with van der Waals surface area (Å²) in [5.41, 5.74) is 2.57. The van der Waals surface area contributed by atoms with Crippen LogP contribution >= 0.6 is 0 Å². The van der Waals surface area contributed by atoms with Crippen LogP contribution in [0.4, 0.5) is 5.69 Å². The van der Waals surface area contributed by atoms with Gasteiger partial charge in [0.05, 0.1) is 26.2 Å². The van der Waals surface area contributed by atoms with Gasteiger partial charge in [-0.3, -0.25) is 4.79 Å². The number of carbonyl (C=O) groups excluding carboxylic acids is 1. The lowest BCUT2D eigenvalue weighted by molar-refractivity contribution is -0.142. The number of esters is 1. The molecular weight excluding hydrogens is 254 g/mol. The Morgan fingerprint density at radius 1 is 1.25 bits per heavy atom. The number of anilines is 1. The zero-order valence-electron chi connectivity index (χ0n) is 12.3. The van der Waals surface area contributed by atoms with E-state index in [-0.39, 0.29) is 12.1 Å². The second-order valence-corrected chi connectivity index (χ2v) is 5.22. The van der Waals surface area contributed by atoms with E-state index in [1.807, 2.05) is 0 Å². The fourth-order valence-electron chi connectivity index (χ4n) is 2.45. The van der Waals surface area contributed by atoms with Gasteiger partial charge in [-0.05, 0) is 31.9 Å². The summed E-state index contributed by atoms with van der Waals surface area (Å²) in [5.74, 6) is -0.206. The van der Waals surface area contributed by atoms with Gasteiger partial charge in [-0.15, -0.1) is 0 Å². The van der Waals surface area contributed by atoms with E-state index < -0.39 is 0 Å². The summed E-state index contributed by atoms with van der Waals surface area (Å²) in [6.45, 7) is 4.57. The number of methoxy groups -OCH3 is 1. The van der Waals surface area contributed by atoms with Crippen molar-refractivity contribution in [2.24, 2.45) is 0 Å². The summed E-state index contributed by atoms with van der Waals surface area (Å²) in [5, 5.41) is 0. The summed E-state index contributed by atoms with van der Waals surface area (Å²) in [7, 11) is 1.41. The number of nitrogens with zero attached hydrogens (tertiary/aromatic N) is 1. The van der Waals surface area contributed by atoms with Crippen LogP contribution in [0.2, 0.25) is 0 Å². The van der Waals surface area contributed by atoms with Gasteiger partial charge in [-0.1, -0.05) is 17.7 Å². The van der Waals surface area contributed by atoms with Crippen molar-refractivity contribution >= 4 is 11.7 Å². The van der Waals surface area contributed by atoms with E-state index in [1.54, 1.807) is 0 Å². The molecule has 1 aromatic carbocycles. The first-order chi connectivity index (χ1) is 9.69. The van der Waals surface area contributed by atoms with Crippen molar-refractivity contribution in [1.29, 1.82) is 0 Å². The minimum atomic E-state index is -0.206. The monoisotopic (exact) mass is 277 g/mol. The molecule has 0 aliphatic carbocycles. The van der Waals surface area contributed by atoms with Gasteiger partial charge >= 0.3 is 5.97 Å². The molecule has 1 aliphatic heterocycles.